The summed E-state index contributed by atoms with van der Waals surface area (Å²) in [6.07, 6.45) is 2.99. The van der Waals surface area contributed by atoms with Crippen LogP contribution in [0, 0.1) is 10.1 Å². The summed E-state index contributed by atoms with van der Waals surface area (Å²) in [4.78, 5) is 13.0. The first-order chi connectivity index (χ1) is 8.69. The zero-order chi connectivity index (χ0) is 13.4. The van der Waals surface area contributed by atoms with Crippen molar-refractivity contribution < 1.29 is 4.92 Å². The quantitative estimate of drug-likeness (QED) is 0.525. The summed E-state index contributed by atoms with van der Waals surface area (Å²) in [7, 11) is 0. The highest BCUT2D eigenvalue weighted by molar-refractivity contribution is 5.39. The molecule has 0 atom stereocenters. The topological polar surface area (TPSA) is 46.4 Å². The van der Waals surface area contributed by atoms with Crippen LogP contribution in [0.5, 0.6) is 0 Å². The summed E-state index contributed by atoms with van der Waals surface area (Å²) in [5, 5.41) is 10.9. The van der Waals surface area contributed by atoms with Crippen molar-refractivity contribution in [1.82, 2.24) is 4.90 Å². The Kier molecular flexibility index (Phi) is 6.36. The van der Waals surface area contributed by atoms with E-state index in [2.05, 4.69) is 18.7 Å². The normalized spacial score (nSPS) is 10.8. The first-order valence-electron chi connectivity index (χ1n) is 6.63. The van der Waals surface area contributed by atoms with Crippen LogP contribution in [0.4, 0.5) is 5.69 Å². The molecule has 0 aromatic heterocycles. The molecule has 0 saturated heterocycles. The molecule has 0 heterocycles. The summed E-state index contributed by atoms with van der Waals surface area (Å²) in [6, 6.07) is 7.03. The van der Waals surface area contributed by atoms with Gasteiger partial charge in [0.25, 0.3) is 5.69 Å². The Morgan fingerprint density at radius 1 is 1.11 bits per heavy atom. The van der Waals surface area contributed by atoms with Crippen LogP contribution in [-0.4, -0.2) is 29.5 Å². The third-order valence-electron chi connectivity index (χ3n) is 2.97. The summed E-state index contributed by atoms with van der Waals surface area (Å²) in [6.45, 7) is 7.34. The summed E-state index contributed by atoms with van der Waals surface area (Å²) in [5.41, 5.74) is 1.07. The molecule has 0 fully saturated rings. The molecule has 4 heteroatoms. The molecule has 1 aromatic carbocycles. The van der Waals surface area contributed by atoms with Crippen LogP contribution in [0.1, 0.15) is 32.3 Å². The van der Waals surface area contributed by atoms with Crippen molar-refractivity contribution in [3.05, 3.63) is 39.9 Å². The molecular formula is C14H22N2O2. The van der Waals surface area contributed by atoms with Gasteiger partial charge in [0.05, 0.1) is 4.92 Å². The second-order valence-corrected chi connectivity index (χ2v) is 4.48. The van der Waals surface area contributed by atoms with E-state index in [4.69, 9.17) is 0 Å². The molecule has 0 N–H and O–H groups in total. The fourth-order valence-corrected chi connectivity index (χ4v) is 2.15. The molecule has 0 aliphatic carbocycles. The van der Waals surface area contributed by atoms with Gasteiger partial charge in [-0.1, -0.05) is 32.0 Å². The van der Waals surface area contributed by atoms with Crippen LogP contribution in [0.25, 0.3) is 0 Å². The zero-order valence-corrected chi connectivity index (χ0v) is 11.3. The predicted octanol–water partition coefficient (Wildman–Crippen LogP) is 3.26. The first kappa shape index (κ1) is 14.6. The summed E-state index contributed by atoms with van der Waals surface area (Å²) in [5.74, 6) is 0. The van der Waals surface area contributed by atoms with Gasteiger partial charge in [-0.3, -0.25) is 10.1 Å². The van der Waals surface area contributed by atoms with Gasteiger partial charge >= 0.3 is 0 Å². The predicted molar refractivity (Wildman–Crippen MR) is 73.8 cm³/mol. The van der Waals surface area contributed by atoms with Gasteiger partial charge in [0.15, 0.2) is 0 Å². The van der Waals surface area contributed by atoms with Gasteiger partial charge in [-0.2, -0.15) is 0 Å². The summed E-state index contributed by atoms with van der Waals surface area (Å²) < 4.78 is 0. The van der Waals surface area contributed by atoms with Crippen molar-refractivity contribution >= 4 is 5.69 Å². The fourth-order valence-electron chi connectivity index (χ4n) is 2.15. The van der Waals surface area contributed by atoms with Crippen LogP contribution in [0.2, 0.25) is 0 Å². The number of hydrogen-bond acceptors (Lipinski definition) is 3. The Morgan fingerprint density at radius 2 is 1.72 bits per heavy atom. The van der Waals surface area contributed by atoms with E-state index in [0.717, 1.165) is 44.5 Å². The Labute approximate surface area is 109 Å². The monoisotopic (exact) mass is 250 g/mol. The Morgan fingerprint density at radius 3 is 2.28 bits per heavy atom. The SMILES string of the molecule is CCCN(CCC)CCc1ccccc1[N+](=O)[O-]. The van der Waals surface area contributed by atoms with Crippen molar-refractivity contribution in [2.24, 2.45) is 0 Å². The minimum absolute atomic E-state index is 0.241. The number of benzene rings is 1. The Balaban J connectivity index is 2.63. The molecule has 0 aliphatic heterocycles. The van der Waals surface area contributed by atoms with Crippen molar-refractivity contribution in [2.75, 3.05) is 19.6 Å². The molecule has 0 amide bonds. The number of nitro groups is 1. The molecule has 100 valence electrons. The molecular weight excluding hydrogens is 228 g/mol. The maximum absolute atomic E-state index is 10.9. The lowest BCUT2D eigenvalue weighted by atomic mass is 10.1. The first-order valence-corrected chi connectivity index (χ1v) is 6.63. The highest BCUT2D eigenvalue weighted by atomic mass is 16.6. The molecule has 4 nitrogen and oxygen atoms in total. The Bertz CT molecular complexity index is 374. The van der Waals surface area contributed by atoms with Crippen LogP contribution < -0.4 is 0 Å². The van der Waals surface area contributed by atoms with E-state index in [1.807, 2.05) is 12.1 Å². The number of hydrogen-bond donors (Lipinski definition) is 0. The average Bonchev–Trinajstić information content (AvgIpc) is 2.36. The largest absolute Gasteiger partial charge is 0.303 e. The van der Waals surface area contributed by atoms with E-state index in [1.54, 1.807) is 12.1 Å². The minimum atomic E-state index is -0.292. The van der Waals surface area contributed by atoms with E-state index in [9.17, 15) is 10.1 Å². The van der Waals surface area contributed by atoms with E-state index in [-0.39, 0.29) is 10.6 Å². The van der Waals surface area contributed by atoms with Crippen molar-refractivity contribution in [3.63, 3.8) is 0 Å². The number of nitrogens with zero attached hydrogens (tertiary/aromatic N) is 2. The molecule has 1 aromatic rings. The highest BCUT2D eigenvalue weighted by Crippen LogP contribution is 2.18. The van der Waals surface area contributed by atoms with Crippen LogP contribution in [0.3, 0.4) is 0 Å². The lowest BCUT2D eigenvalue weighted by Gasteiger charge is -2.20. The molecule has 18 heavy (non-hydrogen) atoms. The van der Waals surface area contributed by atoms with Gasteiger partial charge < -0.3 is 4.90 Å². The maximum Gasteiger partial charge on any atom is 0.272 e. The number of rotatable bonds is 8. The van der Waals surface area contributed by atoms with Gasteiger partial charge in [-0.15, -0.1) is 0 Å². The zero-order valence-electron chi connectivity index (χ0n) is 11.3. The van der Waals surface area contributed by atoms with Gasteiger partial charge in [0, 0.05) is 18.2 Å². The van der Waals surface area contributed by atoms with Gasteiger partial charge in [0.2, 0.25) is 0 Å². The lowest BCUT2D eigenvalue weighted by molar-refractivity contribution is -0.385. The average molecular weight is 250 g/mol. The van der Waals surface area contributed by atoms with Gasteiger partial charge in [-0.05, 0) is 32.4 Å². The van der Waals surface area contributed by atoms with Crippen molar-refractivity contribution in [1.29, 1.82) is 0 Å². The molecule has 0 spiro atoms. The molecule has 0 radical (unpaired) electrons. The van der Waals surface area contributed by atoms with Crippen LogP contribution in [-0.2, 0) is 6.42 Å². The van der Waals surface area contributed by atoms with E-state index < -0.39 is 0 Å². The van der Waals surface area contributed by atoms with Gasteiger partial charge in [0.1, 0.15) is 0 Å². The number of nitro benzene ring substituents is 1. The summed E-state index contributed by atoms with van der Waals surface area (Å²) >= 11 is 0. The van der Waals surface area contributed by atoms with E-state index in [1.165, 1.54) is 0 Å². The van der Waals surface area contributed by atoms with E-state index >= 15 is 0 Å². The number of para-hydroxylation sites is 1. The third-order valence-corrected chi connectivity index (χ3v) is 2.97. The van der Waals surface area contributed by atoms with Crippen molar-refractivity contribution in [3.8, 4) is 0 Å². The van der Waals surface area contributed by atoms with Crippen molar-refractivity contribution in [2.45, 2.75) is 33.1 Å². The van der Waals surface area contributed by atoms with Crippen LogP contribution in [0.15, 0.2) is 24.3 Å². The smallest absolute Gasteiger partial charge is 0.272 e. The van der Waals surface area contributed by atoms with E-state index in [0.29, 0.717) is 0 Å². The second kappa shape index (κ2) is 7.82. The van der Waals surface area contributed by atoms with Crippen LogP contribution >= 0.6 is 0 Å². The molecule has 0 aliphatic rings. The molecule has 0 unspecified atom stereocenters. The fraction of sp³-hybridized carbons (Fsp3) is 0.571. The second-order valence-electron chi connectivity index (χ2n) is 4.48. The highest BCUT2D eigenvalue weighted by Gasteiger charge is 2.13. The molecule has 1 rings (SSSR count). The molecule has 0 saturated carbocycles. The standard InChI is InChI=1S/C14H22N2O2/c1-3-10-15(11-4-2)12-9-13-7-5-6-8-14(13)16(17)18/h5-8H,3-4,9-12H2,1-2H3. The Hall–Kier alpha value is -1.42. The third kappa shape index (κ3) is 4.45. The lowest BCUT2D eigenvalue weighted by Crippen LogP contribution is -2.27. The minimum Gasteiger partial charge on any atom is -0.303 e. The van der Waals surface area contributed by atoms with Gasteiger partial charge in [-0.25, -0.2) is 0 Å². The maximum atomic E-state index is 10.9. The molecule has 0 bridgehead atoms.